The van der Waals surface area contributed by atoms with Crippen molar-refractivity contribution in [3.05, 3.63) is 46.9 Å². The van der Waals surface area contributed by atoms with Crippen molar-refractivity contribution in [2.45, 2.75) is 33.8 Å². The number of aromatic nitrogens is 1. The number of aliphatic hydroxyl groups is 1. The number of hydrogen-bond donors (Lipinski definition) is 2. The van der Waals surface area contributed by atoms with Crippen molar-refractivity contribution < 1.29 is 19.1 Å². The van der Waals surface area contributed by atoms with Crippen LogP contribution in [0.5, 0.6) is 0 Å². The molecule has 27 heavy (non-hydrogen) atoms. The Balaban J connectivity index is 0.00000126. The third-order valence-electron chi connectivity index (χ3n) is 4.35. The van der Waals surface area contributed by atoms with E-state index in [0.29, 0.717) is 11.5 Å². The molecule has 0 radical (unpaired) electrons. The van der Waals surface area contributed by atoms with Gasteiger partial charge in [0.05, 0.1) is 23.0 Å². The molecule has 1 saturated heterocycles. The van der Waals surface area contributed by atoms with E-state index in [1.807, 2.05) is 13.8 Å². The third-order valence-corrected chi connectivity index (χ3v) is 4.35. The van der Waals surface area contributed by atoms with Gasteiger partial charge in [-0.25, -0.2) is 4.39 Å². The van der Waals surface area contributed by atoms with Crippen LogP contribution in [-0.4, -0.2) is 45.5 Å². The highest BCUT2D eigenvalue weighted by atomic mass is 19.1. The van der Waals surface area contributed by atoms with E-state index in [1.165, 1.54) is 24.0 Å². The number of likely N-dealkylation sites (tertiary alicyclic amines) is 1. The molecule has 1 aliphatic rings. The molecule has 2 aromatic rings. The highest BCUT2D eigenvalue weighted by Crippen LogP contribution is 2.29. The first-order valence-electron chi connectivity index (χ1n) is 8.99. The second kappa shape index (κ2) is 8.35. The van der Waals surface area contributed by atoms with Gasteiger partial charge in [0.25, 0.3) is 5.91 Å². The number of carbonyl (C=O) groups is 2. The Morgan fingerprint density at radius 3 is 2.37 bits per heavy atom. The van der Waals surface area contributed by atoms with Gasteiger partial charge in [0, 0.05) is 27.1 Å². The highest BCUT2D eigenvalue weighted by molar-refractivity contribution is 6.04. The third kappa shape index (κ3) is 4.19. The van der Waals surface area contributed by atoms with E-state index >= 15 is 0 Å². The topological polar surface area (TPSA) is 74.6 Å². The molecule has 1 aromatic heterocycles. The number of halogens is 1. The zero-order chi connectivity index (χ0) is 20.3. The minimum Gasteiger partial charge on any atom is -0.389 e. The van der Waals surface area contributed by atoms with Gasteiger partial charge in [-0.2, -0.15) is 0 Å². The predicted molar refractivity (Wildman–Crippen MR) is 103 cm³/mol. The fourth-order valence-corrected chi connectivity index (χ4v) is 2.90. The summed E-state index contributed by atoms with van der Waals surface area (Å²) < 4.78 is 15.7. The maximum atomic E-state index is 14.2. The molecular weight excluding hydrogens is 349 g/mol. The number of amides is 1. The second-order valence-electron chi connectivity index (χ2n) is 6.38. The molecular formula is C20H26FN3O3. The summed E-state index contributed by atoms with van der Waals surface area (Å²) in [7, 11) is 1.65. The summed E-state index contributed by atoms with van der Waals surface area (Å²) in [4.78, 5) is 26.0. The van der Waals surface area contributed by atoms with Crippen molar-refractivity contribution >= 4 is 23.2 Å². The molecule has 1 aromatic carbocycles. The largest absolute Gasteiger partial charge is 0.389 e. The molecule has 1 aliphatic heterocycles. The zero-order valence-electron chi connectivity index (χ0n) is 16.3. The molecule has 1 fully saturated rings. The van der Waals surface area contributed by atoms with Crippen LogP contribution in [0.2, 0.25) is 0 Å². The highest BCUT2D eigenvalue weighted by Gasteiger charge is 2.32. The maximum absolute atomic E-state index is 14.2. The number of rotatable bonds is 4. The van der Waals surface area contributed by atoms with Crippen LogP contribution in [-0.2, 0) is 7.05 Å². The number of β-amino-alcohol motifs (C(OH)–C–C–N with tert-alkyl or cyclic N) is 1. The van der Waals surface area contributed by atoms with Crippen LogP contribution < -0.4 is 5.32 Å². The van der Waals surface area contributed by atoms with Crippen molar-refractivity contribution in [3.8, 4) is 0 Å². The number of anilines is 2. The molecule has 6 nitrogen and oxygen atoms in total. The number of ketones is 1. The van der Waals surface area contributed by atoms with E-state index < -0.39 is 11.9 Å². The average Bonchev–Trinajstić information content (AvgIpc) is 2.93. The Labute approximate surface area is 158 Å². The number of nitrogens with one attached hydrogen (secondary N) is 1. The summed E-state index contributed by atoms with van der Waals surface area (Å²) >= 11 is 0. The van der Waals surface area contributed by atoms with Crippen LogP contribution in [0, 0.1) is 12.7 Å². The molecule has 0 atom stereocenters. The fraction of sp³-hybridized carbons (Fsp3) is 0.400. The number of carbonyl (C=O) groups excluding carboxylic acids is 2. The van der Waals surface area contributed by atoms with Gasteiger partial charge in [0.1, 0.15) is 11.6 Å². The van der Waals surface area contributed by atoms with Crippen molar-refractivity contribution in [3.63, 3.8) is 0 Å². The summed E-state index contributed by atoms with van der Waals surface area (Å²) in [5.41, 5.74) is 1.63. The Morgan fingerprint density at radius 1 is 1.22 bits per heavy atom. The van der Waals surface area contributed by atoms with E-state index in [4.69, 9.17) is 0 Å². The fourth-order valence-electron chi connectivity index (χ4n) is 2.90. The predicted octanol–water partition coefficient (Wildman–Crippen LogP) is 3.26. The van der Waals surface area contributed by atoms with Gasteiger partial charge < -0.3 is 19.9 Å². The number of aryl methyl sites for hydroxylation is 1. The summed E-state index contributed by atoms with van der Waals surface area (Å²) in [5, 5.41) is 12.3. The summed E-state index contributed by atoms with van der Waals surface area (Å²) in [6.45, 7) is 7.70. The molecule has 2 heterocycles. The normalized spacial score (nSPS) is 13.5. The van der Waals surface area contributed by atoms with Gasteiger partial charge in [-0.3, -0.25) is 9.59 Å². The molecule has 0 aliphatic carbocycles. The molecule has 146 valence electrons. The van der Waals surface area contributed by atoms with Crippen molar-refractivity contribution in [1.29, 1.82) is 0 Å². The minimum absolute atomic E-state index is 0.197. The number of hydrogen-bond acceptors (Lipinski definition) is 4. The van der Waals surface area contributed by atoms with Crippen molar-refractivity contribution in [1.82, 2.24) is 9.47 Å². The van der Waals surface area contributed by atoms with Gasteiger partial charge in [0.2, 0.25) is 0 Å². The van der Waals surface area contributed by atoms with Crippen LogP contribution in [0.15, 0.2) is 24.3 Å². The van der Waals surface area contributed by atoms with Gasteiger partial charge in [-0.05, 0) is 30.7 Å². The first-order valence-corrected chi connectivity index (χ1v) is 8.99. The van der Waals surface area contributed by atoms with Crippen LogP contribution in [0.1, 0.15) is 47.2 Å². The molecule has 1 amide bonds. The van der Waals surface area contributed by atoms with Crippen molar-refractivity contribution in [2.24, 2.45) is 7.05 Å². The van der Waals surface area contributed by atoms with Gasteiger partial charge in [-0.1, -0.05) is 19.9 Å². The van der Waals surface area contributed by atoms with Crippen LogP contribution in [0.25, 0.3) is 0 Å². The first kappa shape index (κ1) is 20.6. The zero-order valence-corrected chi connectivity index (χ0v) is 16.3. The first-order chi connectivity index (χ1) is 12.8. The molecule has 0 saturated carbocycles. The Morgan fingerprint density at radius 2 is 1.85 bits per heavy atom. The molecule has 0 unspecified atom stereocenters. The smallest absolute Gasteiger partial charge is 0.257 e. The molecule has 0 spiro atoms. The van der Waals surface area contributed by atoms with E-state index in [2.05, 4.69) is 5.32 Å². The molecule has 0 bridgehead atoms. The van der Waals surface area contributed by atoms with Gasteiger partial charge in [-0.15, -0.1) is 0 Å². The van der Waals surface area contributed by atoms with Crippen molar-refractivity contribution in [2.75, 3.05) is 18.4 Å². The van der Waals surface area contributed by atoms with E-state index in [0.717, 1.165) is 5.56 Å². The second-order valence-corrected chi connectivity index (χ2v) is 6.38. The van der Waals surface area contributed by atoms with Crippen LogP contribution in [0.4, 0.5) is 15.9 Å². The molecule has 2 N–H and O–H groups in total. The van der Waals surface area contributed by atoms with Gasteiger partial charge >= 0.3 is 0 Å². The Kier molecular flexibility index (Phi) is 6.38. The monoisotopic (exact) mass is 375 g/mol. The standard InChI is InChI=1S/C18H20FN3O3.C2H6/c1-10-4-5-15(14(19)6-10)20-17-13(7-16(11(2)23)21(17)3)18(25)22-8-12(24)9-22;1-2/h4-7,12,20,24H,8-9H2,1-3H3;1-2H3. The molecule has 3 rings (SSSR count). The SMILES string of the molecule is CC.CC(=O)c1cc(C(=O)N2CC(O)C2)c(Nc2ccc(C)cc2F)n1C. The lowest BCUT2D eigenvalue weighted by molar-refractivity contribution is 0.00596. The molecule has 7 heteroatoms. The quantitative estimate of drug-likeness (QED) is 0.805. The minimum atomic E-state index is -0.522. The summed E-state index contributed by atoms with van der Waals surface area (Å²) in [6, 6.07) is 6.24. The Bertz CT molecular complexity index is 854. The summed E-state index contributed by atoms with van der Waals surface area (Å²) in [6.07, 6.45) is -0.522. The lowest BCUT2D eigenvalue weighted by Crippen LogP contribution is -2.53. The average molecular weight is 375 g/mol. The van der Waals surface area contributed by atoms with Crippen LogP contribution >= 0.6 is 0 Å². The number of benzene rings is 1. The maximum Gasteiger partial charge on any atom is 0.257 e. The van der Waals surface area contributed by atoms with E-state index in [1.54, 1.807) is 30.7 Å². The van der Waals surface area contributed by atoms with Gasteiger partial charge in [0.15, 0.2) is 5.78 Å². The van der Waals surface area contributed by atoms with E-state index in [-0.39, 0.29) is 36.0 Å². The number of Topliss-reactive ketones (excluding diaryl/α,β-unsaturated/α-hetero) is 1. The lowest BCUT2D eigenvalue weighted by Gasteiger charge is -2.35. The summed E-state index contributed by atoms with van der Waals surface area (Å²) in [5.74, 6) is -0.594. The lowest BCUT2D eigenvalue weighted by atomic mass is 10.1. The number of aliphatic hydroxyl groups excluding tert-OH is 1. The van der Waals surface area contributed by atoms with Crippen LogP contribution in [0.3, 0.4) is 0 Å². The van der Waals surface area contributed by atoms with E-state index in [9.17, 15) is 19.1 Å². The number of nitrogens with zero attached hydrogens (tertiary/aromatic N) is 2. The Hall–Kier alpha value is -2.67.